The predicted octanol–water partition coefficient (Wildman–Crippen LogP) is 2.80. The second-order valence-corrected chi connectivity index (χ2v) is 7.84. The van der Waals surface area contributed by atoms with Crippen molar-refractivity contribution < 1.29 is 14.3 Å². The number of carbonyl (C=O) groups is 2. The van der Waals surface area contributed by atoms with Crippen molar-refractivity contribution in [3.8, 4) is 0 Å². The van der Waals surface area contributed by atoms with Crippen molar-refractivity contribution in [2.75, 3.05) is 31.1 Å². The Morgan fingerprint density at radius 1 is 1.23 bits per heavy atom. The number of amides is 3. The smallest absolute Gasteiger partial charge is 0.317 e. The molecule has 1 aromatic carbocycles. The molecule has 7 heteroatoms. The molecule has 0 radical (unpaired) electrons. The zero-order chi connectivity index (χ0) is 18.1. The molecule has 3 amide bonds. The SMILES string of the molecule is O=C(N[C@H]1CC(=O)N(c2ccccc2Cl)C1)N1CCC2(CCCO2)CC1. The van der Waals surface area contributed by atoms with Crippen LogP contribution in [-0.4, -0.2) is 54.7 Å². The summed E-state index contributed by atoms with van der Waals surface area (Å²) in [5.74, 6) is -0.0136. The molecule has 3 aliphatic rings. The molecule has 1 aromatic rings. The van der Waals surface area contributed by atoms with Gasteiger partial charge >= 0.3 is 6.03 Å². The van der Waals surface area contributed by atoms with Crippen LogP contribution < -0.4 is 10.2 Å². The highest BCUT2D eigenvalue weighted by Gasteiger charge is 2.40. The lowest BCUT2D eigenvalue weighted by Gasteiger charge is -2.38. The zero-order valence-electron chi connectivity index (χ0n) is 14.7. The monoisotopic (exact) mass is 377 g/mol. The average molecular weight is 378 g/mol. The second kappa shape index (κ2) is 7.08. The van der Waals surface area contributed by atoms with E-state index in [4.69, 9.17) is 16.3 Å². The predicted molar refractivity (Wildman–Crippen MR) is 99.5 cm³/mol. The number of nitrogens with zero attached hydrogens (tertiary/aromatic N) is 2. The van der Waals surface area contributed by atoms with E-state index >= 15 is 0 Å². The van der Waals surface area contributed by atoms with Crippen LogP contribution in [0.4, 0.5) is 10.5 Å². The Morgan fingerprint density at radius 3 is 2.69 bits per heavy atom. The van der Waals surface area contributed by atoms with Gasteiger partial charge in [-0.3, -0.25) is 4.79 Å². The minimum Gasteiger partial charge on any atom is -0.375 e. The summed E-state index contributed by atoms with van der Waals surface area (Å²) >= 11 is 6.20. The highest BCUT2D eigenvalue weighted by Crippen LogP contribution is 2.35. The molecule has 3 aliphatic heterocycles. The van der Waals surface area contributed by atoms with Gasteiger partial charge in [0.1, 0.15) is 0 Å². The standard InChI is InChI=1S/C19H24ClN3O3/c20-15-4-1-2-5-16(15)23-13-14(12-17(23)24)21-18(25)22-9-7-19(8-10-22)6-3-11-26-19/h1-2,4-5,14H,3,6-13H2,(H,21,25)/t14-/m0/s1. The lowest BCUT2D eigenvalue weighted by atomic mass is 9.89. The van der Waals surface area contributed by atoms with E-state index in [2.05, 4.69) is 5.32 Å². The Balaban J connectivity index is 1.33. The maximum Gasteiger partial charge on any atom is 0.317 e. The number of ether oxygens (including phenoxy) is 1. The molecule has 1 atom stereocenters. The maximum absolute atomic E-state index is 12.6. The number of benzene rings is 1. The van der Waals surface area contributed by atoms with Crippen molar-refractivity contribution in [1.82, 2.24) is 10.2 Å². The molecule has 0 unspecified atom stereocenters. The quantitative estimate of drug-likeness (QED) is 0.862. The average Bonchev–Trinajstić information content (AvgIpc) is 3.23. The van der Waals surface area contributed by atoms with Gasteiger partial charge in [-0.15, -0.1) is 0 Å². The number of urea groups is 1. The summed E-state index contributed by atoms with van der Waals surface area (Å²) < 4.78 is 5.91. The van der Waals surface area contributed by atoms with E-state index in [1.165, 1.54) is 0 Å². The van der Waals surface area contributed by atoms with Crippen LogP contribution in [0, 0.1) is 0 Å². The maximum atomic E-state index is 12.6. The largest absolute Gasteiger partial charge is 0.375 e. The van der Waals surface area contributed by atoms with E-state index in [0.717, 1.165) is 32.3 Å². The number of hydrogen-bond acceptors (Lipinski definition) is 3. The third-order valence-electron chi connectivity index (χ3n) is 5.74. The number of rotatable bonds is 2. The molecule has 1 spiro atoms. The van der Waals surface area contributed by atoms with Gasteiger partial charge in [-0.1, -0.05) is 23.7 Å². The molecule has 0 aliphatic carbocycles. The molecular weight excluding hydrogens is 354 g/mol. The van der Waals surface area contributed by atoms with E-state index in [-0.39, 0.29) is 23.6 Å². The van der Waals surface area contributed by atoms with Crippen LogP contribution in [0.25, 0.3) is 0 Å². The fraction of sp³-hybridized carbons (Fsp3) is 0.579. The molecule has 0 bridgehead atoms. The lowest BCUT2D eigenvalue weighted by Crippen LogP contribution is -2.52. The molecule has 4 rings (SSSR count). The summed E-state index contributed by atoms with van der Waals surface area (Å²) in [4.78, 5) is 28.4. The van der Waals surface area contributed by atoms with Crippen LogP contribution in [-0.2, 0) is 9.53 Å². The van der Waals surface area contributed by atoms with Crippen LogP contribution in [0.15, 0.2) is 24.3 Å². The van der Waals surface area contributed by atoms with E-state index < -0.39 is 0 Å². The molecule has 3 fully saturated rings. The molecule has 26 heavy (non-hydrogen) atoms. The first-order chi connectivity index (χ1) is 12.6. The van der Waals surface area contributed by atoms with Gasteiger partial charge in [0.2, 0.25) is 5.91 Å². The lowest BCUT2D eigenvalue weighted by molar-refractivity contribution is -0.117. The minimum absolute atomic E-state index is 0.000954. The van der Waals surface area contributed by atoms with Crippen molar-refractivity contribution in [2.24, 2.45) is 0 Å². The van der Waals surface area contributed by atoms with Crippen molar-refractivity contribution in [1.29, 1.82) is 0 Å². The molecule has 140 valence electrons. The molecule has 0 saturated carbocycles. The number of hydrogen-bond donors (Lipinski definition) is 1. The Labute approximate surface area is 158 Å². The first kappa shape index (κ1) is 17.6. The molecule has 1 N–H and O–H groups in total. The summed E-state index contributed by atoms with van der Waals surface area (Å²) in [5.41, 5.74) is 0.704. The van der Waals surface area contributed by atoms with Gasteiger partial charge in [0.25, 0.3) is 0 Å². The topological polar surface area (TPSA) is 61.9 Å². The van der Waals surface area contributed by atoms with Crippen molar-refractivity contribution in [3.63, 3.8) is 0 Å². The van der Waals surface area contributed by atoms with Crippen LogP contribution in [0.1, 0.15) is 32.1 Å². The Bertz CT molecular complexity index is 695. The van der Waals surface area contributed by atoms with Crippen molar-refractivity contribution >= 4 is 29.2 Å². The number of likely N-dealkylation sites (tertiary alicyclic amines) is 1. The number of nitrogens with one attached hydrogen (secondary N) is 1. The van der Waals surface area contributed by atoms with Gasteiger partial charge in [0, 0.05) is 32.7 Å². The minimum atomic E-state index is -0.190. The number of piperidine rings is 1. The molecule has 0 aromatic heterocycles. The third kappa shape index (κ3) is 3.40. The second-order valence-electron chi connectivity index (χ2n) is 7.43. The summed E-state index contributed by atoms with van der Waals surface area (Å²) in [6, 6.07) is 7.01. The van der Waals surface area contributed by atoms with Gasteiger partial charge in [-0.2, -0.15) is 0 Å². The zero-order valence-corrected chi connectivity index (χ0v) is 15.5. The van der Waals surface area contributed by atoms with E-state index in [0.29, 0.717) is 36.8 Å². The van der Waals surface area contributed by atoms with Gasteiger partial charge < -0.3 is 19.9 Å². The molecular formula is C19H24ClN3O3. The highest BCUT2D eigenvalue weighted by molar-refractivity contribution is 6.33. The van der Waals surface area contributed by atoms with Crippen LogP contribution in [0.2, 0.25) is 5.02 Å². The van der Waals surface area contributed by atoms with E-state index in [9.17, 15) is 9.59 Å². The number of anilines is 1. The Kier molecular flexibility index (Phi) is 4.80. The number of carbonyl (C=O) groups excluding carboxylic acids is 2. The molecule has 6 nitrogen and oxygen atoms in total. The normalized spacial score (nSPS) is 25.1. The first-order valence-corrected chi connectivity index (χ1v) is 9.68. The van der Waals surface area contributed by atoms with Crippen LogP contribution in [0.3, 0.4) is 0 Å². The summed E-state index contributed by atoms with van der Waals surface area (Å²) in [7, 11) is 0. The van der Waals surface area contributed by atoms with Crippen LogP contribution >= 0.6 is 11.6 Å². The first-order valence-electron chi connectivity index (χ1n) is 9.31. The summed E-state index contributed by atoms with van der Waals surface area (Å²) in [5, 5.41) is 3.56. The van der Waals surface area contributed by atoms with E-state index in [1.54, 1.807) is 11.0 Å². The molecule has 3 saturated heterocycles. The fourth-order valence-electron chi connectivity index (χ4n) is 4.24. The van der Waals surface area contributed by atoms with Gasteiger partial charge in [0.05, 0.1) is 22.4 Å². The number of para-hydroxylation sites is 1. The van der Waals surface area contributed by atoms with Crippen molar-refractivity contribution in [3.05, 3.63) is 29.3 Å². The Hall–Kier alpha value is -1.79. The molecule has 3 heterocycles. The van der Waals surface area contributed by atoms with Gasteiger partial charge in [0.15, 0.2) is 0 Å². The van der Waals surface area contributed by atoms with Gasteiger partial charge in [-0.05, 0) is 37.8 Å². The highest BCUT2D eigenvalue weighted by atomic mass is 35.5. The Morgan fingerprint density at radius 2 is 2.00 bits per heavy atom. The summed E-state index contributed by atoms with van der Waals surface area (Å²) in [6.07, 6.45) is 4.32. The van der Waals surface area contributed by atoms with Crippen LogP contribution in [0.5, 0.6) is 0 Å². The fourth-order valence-corrected chi connectivity index (χ4v) is 4.48. The van der Waals surface area contributed by atoms with Crippen molar-refractivity contribution in [2.45, 2.75) is 43.7 Å². The summed E-state index contributed by atoms with van der Waals surface area (Å²) in [6.45, 7) is 2.71. The van der Waals surface area contributed by atoms with E-state index in [1.807, 2.05) is 23.1 Å². The van der Waals surface area contributed by atoms with Gasteiger partial charge in [-0.25, -0.2) is 4.79 Å². The number of halogens is 1. The third-order valence-corrected chi connectivity index (χ3v) is 6.06.